The summed E-state index contributed by atoms with van der Waals surface area (Å²) in [5.74, 6) is 3.95. The lowest BCUT2D eigenvalue weighted by Crippen LogP contribution is -2.03. The van der Waals surface area contributed by atoms with Crippen LogP contribution in [0.3, 0.4) is 0 Å². The summed E-state index contributed by atoms with van der Waals surface area (Å²) in [6.07, 6.45) is 3.14. The smallest absolute Gasteiger partial charge is 0.226 e. The third-order valence-electron chi connectivity index (χ3n) is 5.34. The molecule has 0 unspecified atom stereocenters. The fourth-order valence-corrected chi connectivity index (χ4v) is 4.63. The van der Waals surface area contributed by atoms with E-state index < -0.39 is 0 Å². The molecule has 0 radical (unpaired) electrons. The van der Waals surface area contributed by atoms with Crippen molar-refractivity contribution in [3.63, 3.8) is 0 Å². The number of fused-ring (bicyclic) bond motifs is 1. The lowest BCUT2D eigenvalue weighted by molar-refractivity contribution is 0.319. The van der Waals surface area contributed by atoms with E-state index in [1.807, 2.05) is 31.2 Å². The first-order valence-corrected chi connectivity index (χ1v) is 11.1. The van der Waals surface area contributed by atoms with Crippen LogP contribution in [-0.2, 0) is 12.8 Å². The summed E-state index contributed by atoms with van der Waals surface area (Å²) in [6, 6.07) is 14.3. The maximum atomic E-state index is 6.00. The number of halogens is 1. The lowest BCUT2D eigenvalue weighted by Gasteiger charge is -2.10. The predicted molar refractivity (Wildman–Crippen MR) is 119 cm³/mol. The molecule has 1 heterocycles. The van der Waals surface area contributed by atoms with Gasteiger partial charge in [0.05, 0.1) is 19.4 Å². The van der Waals surface area contributed by atoms with E-state index in [0.29, 0.717) is 18.4 Å². The van der Waals surface area contributed by atoms with Gasteiger partial charge < -0.3 is 13.9 Å². The Bertz CT molecular complexity index is 949. The highest BCUT2D eigenvalue weighted by Gasteiger charge is 2.21. The molecule has 0 aliphatic heterocycles. The van der Waals surface area contributed by atoms with E-state index in [0.717, 1.165) is 41.4 Å². The number of oxazole rings is 1. The molecule has 1 aliphatic rings. The Morgan fingerprint density at radius 3 is 2.68 bits per heavy atom. The maximum Gasteiger partial charge on any atom is 0.226 e. The van der Waals surface area contributed by atoms with Crippen LogP contribution in [0.2, 0.25) is 0 Å². The number of rotatable bonds is 7. The van der Waals surface area contributed by atoms with E-state index in [4.69, 9.17) is 13.9 Å². The molecule has 4 rings (SSSR count). The molecule has 1 aliphatic carbocycles. The third kappa shape index (κ3) is 4.04. The van der Waals surface area contributed by atoms with Crippen molar-refractivity contribution in [2.24, 2.45) is 0 Å². The standard InChI is InChI=1S/C23H24INO3/c1-15-22(25-23(28-15)16-5-7-19(26-2)8-6-16)11-12-27-20-9-10-21-17(13-20)3-4-18(21)14-24/h5-10,13,18H,3-4,11-12,14H2,1-2H3/t18-/m0/s1. The lowest BCUT2D eigenvalue weighted by atomic mass is 10.0. The fraction of sp³-hybridized carbons (Fsp3) is 0.348. The third-order valence-corrected chi connectivity index (χ3v) is 6.40. The highest BCUT2D eigenvalue weighted by atomic mass is 127. The topological polar surface area (TPSA) is 44.5 Å². The van der Waals surface area contributed by atoms with Crippen LogP contribution >= 0.6 is 22.6 Å². The van der Waals surface area contributed by atoms with Gasteiger partial charge in [-0.25, -0.2) is 4.98 Å². The van der Waals surface area contributed by atoms with Gasteiger partial charge in [-0.05, 0) is 73.2 Å². The molecule has 1 atom stereocenters. The number of methoxy groups -OCH3 is 1. The molecule has 0 saturated heterocycles. The molecule has 0 saturated carbocycles. The number of benzene rings is 2. The van der Waals surface area contributed by atoms with Crippen LogP contribution in [0.25, 0.3) is 11.5 Å². The van der Waals surface area contributed by atoms with Crippen LogP contribution in [0.15, 0.2) is 46.9 Å². The second kappa shape index (κ2) is 8.55. The average Bonchev–Trinajstić information content (AvgIpc) is 3.31. The summed E-state index contributed by atoms with van der Waals surface area (Å²) < 4.78 is 18.2. The van der Waals surface area contributed by atoms with Crippen molar-refractivity contribution in [2.45, 2.75) is 32.1 Å². The van der Waals surface area contributed by atoms with Gasteiger partial charge in [0, 0.05) is 16.4 Å². The number of hydrogen-bond acceptors (Lipinski definition) is 4. The van der Waals surface area contributed by atoms with Gasteiger partial charge in [-0.3, -0.25) is 0 Å². The maximum absolute atomic E-state index is 6.00. The number of alkyl halides is 1. The first-order chi connectivity index (χ1) is 13.7. The van der Waals surface area contributed by atoms with E-state index in [1.165, 1.54) is 22.0 Å². The Labute approximate surface area is 179 Å². The molecule has 0 fully saturated rings. The van der Waals surface area contributed by atoms with Crippen LogP contribution in [0, 0.1) is 6.92 Å². The molecule has 0 N–H and O–H groups in total. The first kappa shape index (κ1) is 19.3. The molecule has 28 heavy (non-hydrogen) atoms. The van der Waals surface area contributed by atoms with E-state index in [2.05, 4.69) is 45.8 Å². The van der Waals surface area contributed by atoms with E-state index in [1.54, 1.807) is 7.11 Å². The molecule has 2 aromatic carbocycles. The van der Waals surface area contributed by atoms with Gasteiger partial charge in [-0.15, -0.1) is 0 Å². The van der Waals surface area contributed by atoms with Gasteiger partial charge >= 0.3 is 0 Å². The minimum Gasteiger partial charge on any atom is -0.497 e. The molecule has 3 aromatic rings. The SMILES string of the molecule is COc1ccc(-c2nc(CCOc3ccc4c(c3)CC[C@H]4CI)c(C)o2)cc1. The highest BCUT2D eigenvalue weighted by Crippen LogP contribution is 2.36. The Hall–Kier alpha value is -2.02. The van der Waals surface area contributed by atoms with Gasteiger partial charge in [-0.2, -0.15) is 0 Å². The Morgan fingerprint density at radius 1 is 1.14 bits per heavy atom. The summed E-state index contributed by atoms with van der Waals surface area (Å²) in [4.78, 5) is 4.66. The Morgan fingerprint density at radius 2 is 1.93 bits per heavy atom. The van der Waals surface area contributed by atoms with Crippen molar-refractivity contribution in [3.8, 4) is 23.0 Å². The summed E-state index contributed by atoms with van der Waals surface area (Å²) in [5.41, 5.74) is 4.83. The second-order valence-electron chi connectivity index (χ2n) is 7.10. The highest BCUT2D eigenvalue weighted by molar-refractivity contribution is 14.1. The van der Waals surface area contributed by atoms with Crippen molar-refractivity contribution in [1.29, 1.82) is 0 Å². The molecule has 0 bridgehead atoms. The fourth-order valence-electron chi connectivity index (χ4n) is 3.71. The summed E-state index contributed by atoms with van der Waals surface area (Å²) >= 11 is 2.48. The summed E-state index contributed by atoms with van der Waals surface area (Å²) in [5, 5.41) is 0. The van der Waals surface area contributed by atoms with E-state index >= 15 is 0 Å². The van der Waals surface area contributed by atoms with Gasteiger partial charge in [0.25, 0.3) is 0 Å². The van der Waals surface area contributed by atoms with Gasteiger partial charge in [0.2, 0.25) is 5.89 Å². The normalized spacial score (nSPS) is 15.5. The molecular weight excluding hydrogens is 465 g/mol. The molecule has 4 nitrogen and oxygen atoms in total. The van der Waals surface area contributed by atoms with Crippen LogP contribution in [-0.4, -0.2) is 23.1 Å². The first-order valence-electron chi connectivity index (χ1n) is 9.60. The molecule has 0 amide bonds. The Balaban J connectivity index is 1.38. The zero-order valence-electron chi connectivity index (χ0n) is 16.2. The molecule has 0 spiro atoms. The second-order valence-corrected chi connectivity index (χ2v) is 7.98. The molecule has 146 valence electrons. The predicted octanol–water partition coefficient (Wildman–Crippen LogP) is 5.74. The monoisotopic (exact) mass is 489 g/mol. The van der Waals surface area contributed by atoms with Gasteiger partial charge in [0.1, 0.15) is 17.3 Å². The van der Waals surface area contributed by atoms with Crippen LogP contribution in [0.5, 0.6) is 11.5 Å². The van der Waals surface area contributed by atoms with Crippen molar-refractivity contribution in [3.05, 3.63) is 65.0 Å². The van der Waals surface area contributed by atoms with Crippen LogP contribution < -0.4 is 9.47 Å². The van der Waals surface area contributed by atoms with Crippen LogP contribution in [0.4, 0.5) is 0 Å². The van der Waals surface area contributed by atoms with E-state index in [9.17, 15) is 0 Å². The molecule has 1 aromatic heterocycles. The minimum atomic E-state index is 0.587. The number of nitrogens with zero attached hydrogens (tertiary/aromatic N) is 1. The van der Waals surface area contributed by atoms with Crippen LogP contribution in [0.1, 0.15) is 34.9 Å². The average molecular weight is 489 g/mol. The quantitative estimate of drug-likeness (QED) is 0.314. The number of ether oxygens (including phenoxy) is 2. The van der Waals surface area contributed by atoms with Crippen molar-refractivity contribution in [2.75, 3.05) is 18.1 Å². The summed E-state index contributed by atoms with van der Waals surface area (Å²) in [6.45, 7) is 2.54. The number of aryl methyl sites for hydroxylation is 2. The van der Waals surface area contributed by atoms with Gasteiger partial charge in [0.15, 0.2) is 0 Å². The Kier molecular flexibility index (Phi) is 5.90. The zero-order valence-corrected chi connectivity index (χ0v) is 18.4. The summed E-state index contributed by atoms with van der Waals surface area (Å²) in [7, 11) is 1.66. The molecular formula is C23H24INO3. The zero-order chi connectivity index (χ0) is 19.5. The number of aromatic nitrogens is 1. The van der Waals surface area contributed by atoms with E-state index in [-0.39, 0.29) is 0 Å². The largest absolute Gasteiger partial charge is 0.497 e. The van der Waals surface area contributed by atoms with Crippen molar-refractivity contribution in [1.82, 2.24) is 4.98 Å². The van der Waals surface area contributed by atoms with Crippen molar-refractivity contribution < 1.29 is 13.9 Å². The van der Waals surface area contributed by atoms with Crippen molar-refractivity contribution >= 4 is 22.6 Å². The molecule has 5 heteroatoms. The minimum absolute atomic E-state index is 0.587. The number of hydrogen-bond donors (Lipinski definition) is 0. The van der Waals surface area contributed by atoms with Gasteiger partial charge in [-0.1, -0.05) is 28.7 Å².